The Balaban J connectivity index is 1.81. The Hall–Kier alpha value is -2.49. The normalized spacial score (nSPS) is 10.7. The largest absolute Gasteiger partial charge is 0.268 e. The molecule has 0 aliphatic carbocycles. The topological polar surface area (TPSA) is 30.7 Å². The summed E-state index contributed by atoms with van der Waals surface area (Å²) in [7, 11) is 0. The smallest absolute Gasteiger partial charge is 0.213 e. The number of aryl methyl sites for hydroxylation is 1. The molecule has 0 saturated heterocycles. The number of rotatable bonds is 3. The molecule has 100 valence electrons. The Morgan fingerprint density at radius 1 is 1.05 bits per heavy atom. The van der Waals surface area contributed by atoms with Gasteiger partial charge in [0.05, 0.1) is 17.9 Å². The second kappa shape index (κ2) is 5.25. The highest BCUT2D eigenvalue weighted by Crippen LogP contribution is 2.18. The van der Waals surface area contributed by atoms with E-state index < -0.39 is 5.95 Å². The van der Waals surface area contributed by atoms with E-state index in [0.717, 1.165) is 23.4 Å². The fourth-order valence-corrected chi connectivity index (χ4v) is 2.09. The molecule has 0 atom stereocenters. The quantitative estimate of drug-likeness (QED) is 0.681. The molecule has 2 heterocycles. The van der Waals surface area contributed by atoms with Gasteiger partial charge in [0.25, 0.3) is 0 Å². The van der Waals surface area contributed by atoms with Crippen molar-refractivity contribution in [1.82, 2.24) is 14.8 Å². The number of nitrogens with zero attached hydrogens (tertiary/aromatic N) is 3. The molecule has 20 heavy (non-hydrogen) atoms. The minimum absolute atomic E-state index is 0.460. The van der Waals surface area contributed by atoms with E-state index in [1.54, 1.807) is 12.1 Å². The van der Waals surface area contributed by atoms with Gasteiger partial charge in [0, 0.05) is 11.8 Å². The molecule has 0 radical (unpaired) electrons. The molecule has 3 nitrogen and oxygen atoms in total. The number of hydrogen-bond donors (Lipinski definition) is 0. The van der Waals surface area contributed by atoms with Crippen molar-refractivity contribution in [2.24, 2.45) is 0 Å². The van der Waals surface area contributed by atoms with Crippen molar-refractivity contribution in [3.05, 3.63) is 71.9 Å². The average molecular weight is 267 g/mol. The van der Waals surface area contributed by atoms with Gasteiger partial charge in [-0.15, -0.1) is 0 Å². The third-order valence-electron chi connectivity index (χ3n) is 3.08. The number of halogens is 1. The Morgan fingerprint density at radius 3 is 2.50 bits per heavy atom. The Kier molecular flexibility index (Phi) is 3.29. The van der Waals surface area contributed by atoms with Crippen molar-refractivity contribution >= 4 is 0 Å². The number of aromatic nitrogens is 3. The van der Waals surface area contributed by atoms with Crippen LogP contribution in [0.2, 0.25) is 0 Å². The van der Waals surface area contributed by atoms with E-state index in [1.807, 2.05) is 48.1 Å². The maximum Gasteiger partial charge on any atom is 0.213 e. The third-order valence-corrected chi connectivity index (χ3v) is 3.08. The van der Waals surface area contributed by atoms with Gasteiger partial charge in [-0.1, -0.05) is 30.3 Å². The molecule has 0 spiro atoms. The van der Waals surface area contributed by atoms with Crippen molar-refractivity contribution in [2.45, 2.75) is 13.5 Å². The predicted molar refractivity (Wildman–Crippen MR) is 75.7 cm³/mol. The van der Waals surface area contributed by atoms with Crippen molar-refractivity contribution in [3.8, 4) is 11.3 Å². The first-order valence-electron chi connectivity index (χ1n) is 6.43. The van der Waals surface area contributed by atoms with Crippen molar-refractivity contribution in [3.63, 3.8) is 0 Å². The van der Waals surface area contributed by atoms with E-state index in [0.29, 0.717) is 5.69 Å². The molecule has 0 unspecified atom stereocenters. The SMILES string of the molecule is Cc1ccn(Cc2ccc(-c3cccc(F)n3)cc2)n1. The van der Waals surface area contributed by atoms with Gasteiger partial charge in [0.15, 0.2) is 0 Å². The van der Waals surface area contributed by atoms with Gasteiger partial charge in [-0.2, -0.15) is 9.49 Å². The highest BCUT2D eigenvalue weighted by atomic mass is 19.1. The van der Waals surface area contributed by atoms with Gasteiger partial charge in [-0.3, -0.25) is 4.68 Å². The van der Waals surface area contributed by atoms with Crippen LogP contribution >= 0.6 is 0 Å². The van der Waals surface area contributed by atoms with Crippen LogP contribution in [0, 0.1) is 12.9 Å². The summed E-state index contributed by atoms with van der Waals surface area (Å²) in [6.45, 7) is 2.69. The first kappa shape index (κ1) is 12.5. The average Bonchev–Trinajstić information content (AvgIpc) is 2.85. The lowest BCUT2D eigenvalue weighted by Gasteiger charge is -2.04. The fourth-order valence-electron chi connectivity index (χ4n) is 2.09. The molecule has 0 aliphatic heterocycles. The summed E-state index contributed by atoms with van der Waals surface area (Å²) in [5.74, 6) is -0.460. The lowest BCUT2D eigenvalue weighted by atomic mass is 10.1. The lowest BCUT2D eigenvalue weighted by molar-refractivity contribution is 0.585. The second-order valence-corrected chi connectivity index (χ2v) is 4.70. The van der Waals surface area contributed by atoms with Crippen LogP contribution in [0.5, 0.6) is 0 Å². The maximum absolute atomic E-state index is 13.1. The van der Waals surface area contributed by atoms with Crippen LogP contribution in [-0.2, 0) is 6.54 Å². The minimum atomic E-state index is -0.460. The molecule has 1 aromatic carbocycles. The van der Waals surface area contributed by atoms with Crippen LogP contribution in [0.1, 0.15) is 11.3 Å². The summed E-state index contributed by atoms with van der Waals surface area (Å²) >= 11 is 0. The summed E-state index contributed by atoms with van der Waals surface area (Å²) in [6, 6.07) is 14.7. The first-order chi connectivity index (χ1) is 9.70. The molecular weight excluding hydrogens is 253 g/mol. The lowest BCUT2D eigenvalue weighted by Crippen LogP contribution is -2.00. The summed E-state index contributed by atoms with van der Waals surface area (Å²) in [4.78, 5) is 3.88. The van der Waals surface area contributed by atoms with E-state index in [9.17, 15) is 4.39 Å². The van der Waals surface area contributed by atoms with Crippen molar-refractivity contribution < 1.29 is 4.39 Å². The molecule has 2 aromatic heterocycles. The molecule has 0 aliphatic rings. The van der Waals surface area contributed by atoms with Gasteiger partial charge in [0.1, 0.15) is 0 Å². The third kappa shape index (κ3) is 2.74. The van der Waals surface area contributed by atoms with Gasteiger partial charge >= 0.3 is 0 Å². The molecule has 0 amide bonds. The van der Waals surface area contributed by atoms with Crippen LogP contribution in [-0.4, -0.2) is 14.8 Å². The molecule has 0 saturated carbocycles. The van der Waals surface area contributed by atoms with Gasteiger partial charge in [-0.25, -0.2) is 4.98 Å². The number of benzene rings is 1. The molecular formula is C16H14FN3. The van der Waals surface area contributed by atoms with E-state index >= 15 is 0 Å². The first-order valence-corrected chi connectivity index (χ1v) is 6.43. The summed E-state index contributed by atoms with van der Waals surface area (Å²) in [5, 5.41) is 4.35. The maximum atomic E-state index is 13.1. The second-order valence-electron chi connectivity index (χ2n) is 4.70. The molecule has 4 heteroatoms. The van der Waals surface area contributed by atoms with Crippen molar-refractivity contribution in [2.75, 3.05) is 0 Å². The molecule has 0 N–H and O–H groups in total. The highest BCUT2D eigenvalue weighted by molar-refractivity contribution is 5.59. The highest BCUT2D eigenvalue weighted by Gasteiger charge is 2.02. The number of pyridine rings is 1. The zero-order valence-corrected chi connectivity index (χ0v) is 11.1. The summed E-state index contributed by atoms with van der Waals surface area (Å²) < 4.78 is 15.0. The fraction of sp³-hybridized carbons (Fsp3) is 0.125. The van der Waals surface area contributed by atoms with Crippen LogP contribution < -0.4 is 0 Å². The minimum Gasteiger partial charge on any atom is -0.268 e. The van der Waals surface area contributed by atoms with Crippen molar-refractivity contribution in [1.29, 1.82) is 0 Å². The number of hydrogen-bond acceptors (Lipinski definition) is 2. The zero-order chi connectivity index (χ0) is 13.9. The van der Waals surface area contributed by atoms with Crippen LogP contribution in [0.3, 0.4) is 0 Å². The summed E-state index contributed by atoms with van der Waals surface area (Å²) in [6.07, 6.45) is 1.96. The van der Waals surface area contributed by atoms with Crippen LogP contribution in [0.4, 0.5) is 4.39 Å². The molecule has 3 rings (SSSR count). The zero-order valence-electron chi connectivity index (χ0n) is 11.1. The molecule has 0 fully saturated rings. The van der Waals surface area contributed by atoms with Gasteiger partial charge in [-0.05, 0) is 30.7 Å². The predicted octanol–water partition coefficient (Wildman–Crippen LogP) is 3.44. The van der Waals surface area contributed by atoms with Crippen LogP contribution in [0.25, 0.3) is 11.3 Å². The van der Waals surface area contributed by atoms with E-state index in [1.165, 1.54) is 6.07 Å². The Labute approximate surface area is 116 Å². The Morgan fingerprint density at radius 2 is 1.85 bits per heavy atom. The van der Waals surface area contributed by atoms with Crippen LogP contribution in [0.15, 0.2) is 54.7 Å². The summed E-state index contributed by atoms with van der Waals surface area (Å²) in [5.41, 5.74) is 3.70. The van der Waals surface area contributed by atoms with E-state index in [-0.39, 0.29) is 0 Å². The van der Waals surface area contributed by atoms with Gasteiger partial charge in [0.2, 0.25) is 5.95 Å². The standard InChI is InChI=1S/C16H14FN3/c1-12-9-10-20(19-12)11-13-5-7-14(8-6-13)15-3-2-4-16(17)18-15/h2-10H,11H2,1H3. The van der Waals surface area contributed by atoms with E-state index in [4.69, 9.17) is 0 Å². The van der Waals surface area contributed by atoms with E-state index in [2.05, 4.69) is 10.1 Å². The van der Waals surface area contributed by atoms with Gasteiger partial charge < -0.3 is 0 Å². The monoisotopic (exact) mass is 267 g/mol. The molecule has 0 bridgehead atoms. The Bertz CT molecular complexity index is 717. The molecule has 3 aromatic rings.